The number of anilines is 1. The number of rotatable bonds is 11. The maximum atomic E-state index is 12.5. The fourth-order valence-electron chi connectivity index (χ4n) is 3.85. The zero-order chi connectivity index (χ0) is 20.5. The molecule has 2 atom stereocenters. The molecule has 0 saturated carbocycles. The molecule has 5 nitrogen and oxygen atoms in total. The third-order valence-electron chi connectivity index (χ3n) is 5.38. The Hall–Kier alpha value is -2.14. The number of unbranched alkanes of at least 4 members (excludes halogenated alkanes) is 1. The predicted octanol–water partition coefficient (Wildman–Crippen LogP) is 5.00. The lowest BCUT2D eigenvalue weighted by Crippen LogP contribution is -2.43. The van der Waals surface area contributed by atoms with Crippen LogP contribution in [0.5, 0.6) is 0 Å². The number of nitrogens with zero attached hydrogens (tertiary/aromatic N) is 1. The molecular formula is C23H33NO4. The highest BCUT2D eigenvalue weighted by Gasteiger charge is 2.29. The molecular weight excluding hydrogens is 354 g/mol. The lowest BCUT2D eigenvalue weighted by molar-refractivity contribution is -0.137. The topological polar surface area (TPSA) is 77.8 Å². The van der Waals surface area contributed by atoms with Gasteiger partial charge in [-0.05, 0) is 69.6 Å². The van der Waals surface area contributed by atoms with Crippen LogP contribution in [-0.2, 0) is 9.59 Å². The third kappa shape index (κ3) is 6.79. The van der Waals surface area contributed by atoms with E-state index in [9.17, 15) is 14.7 Å². The maximum Gasteiger partial charge on any atom is 0.303 e. The molecule has 2 rings (SSSR count). The number of carboxylic acids is 1. The summed E-state index contributed by atoms with van der Waals surface area (Å²) in [5.41, 5.74) is 2.86. The van der Waals surface area contributed by atoms with Crippen molar-refractivity contribution < 1.29 is 19.8 Å². The van der Waals surface area contributed by atoms with Gasteiger partial charge >= 0.3 is 5.97 Å². The minimum absolute atomic E-state index is 0.126. The van der Waals surface area contributed by atoms with Crippen LogP contribution >= 0.6 is 0 Å². The van der Waals surface area contributed by atoms with Gasteiger partial charge in [-0.2, -0.15) is 0 Å². The number of carboxylic acid groups (broad SMARTS) is 1. The lowest BCUT2D eigenvalue weighted by Gasteiger charge is -2.36. The van der Waals surface area contributed by atoms with Gasteiger partial charge in [-0.25, -0.2) is 0 Å². The number of benzene rings is 1. The van der Waals surface area contributed by atoms with Crippen molar-refractivity contribution >= 4 is 17.6 Å². The van der Waals surface area contributed by atoms with Crippen molar-refractivity contribution in [2.45, 2.75) is 83.3 Å². The summed E-state index contributed by atoms with van der Waals surface area (Å²) in [5, 5.41) is 19.2. The molecule has 28 heavy (non-hydrogen) atoms. The monoisotopic (exact) mass is 387 g/mol. The standard InChI is InChI=1S/C23H33NO4/c1-17(2)7-5-10-21(25)18-13-15-20(16-14-18)24-19(9-6-11-22(24)26)8-3-4-12-23(27)28/h13-16,19,21,25H,1,3-12H2,2H3,(H,27,28). The minimum Gasteiger partial charge on any atom is -0.481 e. The second-order valence-corrected chi connectivity index (χ2v) is 7.91. The number of aliphatic carboxylic acids is 1. The van der Waals surface area contributed by atoms with Crippen LogP contribution in [0.4, 0.5) is 5.69 Å². The Balaban J connectivity index is 1.98. The average Bonchev–Trinajstić information content (AvgIpc) is 2.65. The van der Waals surface area contributed by atoms with Crippen LogP contribution in [0.15, 0.2) is 36.4 Å². The Kier molecular flexibility index (Phi) is 8.71. The Morgan fingerprint density at radius 2 is 1.93 bits per heavy atom. The quantitative estimate of drug-likeness (QED) is 0.414. The number of aliphatic hydroxyl groups excluding tert-OH is 1. The molecule has 154 valence electrons. The number of piperidine rings is 1. The summed E-state index contributed by atoms with van der Waals surface area (Å²) in [6, 6.07) is 7.78. The summed E-state index contributed by atoms with van der Waals surface area (Å²) in [4.78, 5) is 25.1. The first-order valence-corrected chi connectivity index (χ1v) is 10.3. The SMILES string of the molecule is C=C(C)CCCC(O)c1ccc(N2C(=O)CCCC2CCCCC(=O)O)cc1. The van der Waals surface area contributed by atoms with Crippen LogP contribution in [0.25, 0.3) is 0 Å². The van der Waals surface area contributed by atoms with E-state index in [0.717, 1.165) is 55.3 Å². The van der Waals surface area contributed by atoms with E-state index < -0.39 is 12.1 Å². The van der Waals surface area contributed by atoms with Gasteiger partial charge in [-0.3, -0.25) is 9.59 Å². The normalized spacial score (nSPS) is 18.1. The van der Waals surface area contributed by atoms with Gasteiger partial charge in [0.25, 0.3) is 0 Å². The first-order chi connectivity index (χ1) is 13.4. The van der Waals surface area contributed by atoms with E-state index in [1.54, 1.807) is 0 Å². The molecule has 2 unspecified atom stereocenters. The molecule has 1 heterocycles. The van der Waals surface area contributed by atoms with E-state index in [-0.39, 0.29) is 18.4 Å². The van der Waals surface area contributed by atoms with Gasteiger partial charge in [0.1, 0.15) is 0 Å². The van der Waals surface area contributed by atoms with Crippen molar-refractivity contribution in [3.63, 3.8) is 0 Å². The van der Waals surface area contributed by atoms with Crippen LogP contribution in [0.1, 0.15) is 82.8 Å². The van der Waals surface area contributed by atoms with Crippen LogP contribution in [0.3, 0.4) is 0 Å². The fourth-order valence-corrected chi connectivity index (χ4v) is 3.85. The average molecular weight is 388 g/mol. The number of aliphatic hydroxyl groups is 1. The van der Waals surface area contributed by atoms with Crippen molar-refractivity contribution in [2.24, 2.45) is 0 Å². The molecule has 0 aromatic heterocycles. The summed E-state index contributed by atoms with van der Waals surface area (Å²) in [6.45, 7) is 5.88. The smallest absolute Gasteiger partial charge is 0.303 e. The first kappa shape index (κ1) is 22.2. The van der Waals surface area contributed by atoms with Crippen LogP contribution in [0, 0.1) is 0 Å². The highest BCUT2D eigenvalue weighted by atomic mass is 16.4. The molecule has 0 spiro atoms. The summed E-state index contributed by atoms with van der Waals surface area (Å²) < 4.78 is 0. The van der Waals surface area contributed by atoms with Crippen LogP contribution in [0.2, 0.25) is 0 Å². The van der Waals surface area contributed by atoms with Crippen molar-refractivity contribution in [2.75, 3.05) is 4.90 Å². The van der Waals surface area contributed by atoms with E-state index in [2.05, 4.69) is 6.58 Å². The molecule has 1 fully saturated rings. The number of carbonyl (C=O) groups is 2. The van der Waals surface area contributed by atoms with E-state index >= 15 is 0 Å². The largest absolute Gasteiger partial charge is 0.481 e. The Labute approximate surface area is 168 Å². The van der Waals surface area contributed by atoms with Crippen molar-refractivity contribution in [1.29, 1.82) is 0 Å². The molecule has 1 amide bonds. The molecule has 1 aliphatic heterocycles. The van der Waals surface area contributed by atoms with E-state index in [1.807, 2.05) is 36.1 Å². The number of carbonyl (C=O) groups excluding carboxylic acids is 1. The Bertz CT molecular complexity index is 668. The molecule has 1 saturated heterocycles. The van der Waals surface area contributed by atoms with Crippen LogP contribution < -0.4 is 4.90 Å². The molecule has 1 aromatic rings. The van der Waals surface area contributed by atoms with Crippen molar-refractivity contribution in [3.05, 3.63) is 42.0 Å². The molecule has 0 radical (unpaired) electrons. The summed E-state index contributed by atoms with van der Waals surface area (Å²) in [7, 11) is 0. The second-order valence-electron chi connectivity index (χ2n) is 7.91. The second kappa shape index (κ2) is 11.0. The maximum absolute atomic E-state index is 12.5. The molecule has 2 N–H and O–H groups in total. The Morgan fingerprint density at radius 1 is 1.21 bits per heavy atom. The van der Waals surface area contributed by atoms with Gasteiger partial charge in [0.15, 0.2) is 0 Å². The number of hydrogen-bond acceptors (Lipinski definition) is 3. The van der Waals surface area contributed by atoms with Crippen LogP contribution in [-0.4, -0.2) is 28.1 Å². The fraction of sp³-hybridized carbons (Fsp3) is 0.565. The first-order valence-electron chi connectivity index (χ1n) is 10.3. The molecule has 0 aliphatic carbocycles. The third-order valence-corrected chi connectivity index (χ3v) is 5.38. The van der Waals surface area contributed by atoms with E-state index in [1.165, 1.54) is 0 Å². The van der Waals surface area contributed by atoms with Gasteiger partial charge in [0.05, 0.1) is 6.10 Å². The highest BCUT2D eigenvalue weighted by Crippen LogP contribution is 2.30. The van der Waals surface area contributed by atoms with Gasteiger partial charge in [-0.15, -0.1) is 6.58 Å². The van der Waals surface area contributed by atoms with Gasteiger partial charge in [-0.1, -0.05) is 24.1 Å². The Morgan fingerprint density at radius 3 is 2.57 bits per heavy atom. The van der Waals surface area contributed by atoms with Gasteiger partial charge in [0, 0.05) is 24.6 Å². The van der Waals surface area contributed by atoms with E-state index in [0.29, 0.717) is 19.3 Å². The summed E-state index contributed by atoms with van der Waals surface area (Å²) in [5.74, 6) is -0.641. The van der Waals surface area contributed by atoms with Gasteiger partial charge in [0.2, 0.25) is 5.91 Å². The molecule has 1 aliphatic rings. The lowest BCUT2D eigenvalue weighted by atomic mass is 9.95. The van der Waals surface area contributed by atoms with Gasteiger partial charge < -0.3 is 15.1 Å². The predicted molar refractivity (Wildman–Crippen MR) is 111 cm³/mol. The molecule has 0 bridgehead atoms. The zero-order valence-electron chi connectivity index (χ0n) is 16.9. The van der Waals surface area contributed by atoms with E-state index in [4.69, 9.17) is 5.11 Å². The van der Waals surface area contributed by atoms with Crippen molar-refractivity contribution in [1.82, 2.24) is 0 Å². The summed E-state index contributed by atoms with van der Waals surface area (Å²) >= 11 is 0. The van der Waals surface area contributed by atoms with Crippen molar-refractivity contribution in [3.8, 4) is 0 Å². The summed E-state index contributed by atoms with van der Waals surface area (Å²) in [6.07, 6.45) is 6.85. The minimum atomic E-state index is -0.769. The molecule has 5 heteroatoms. The number of hydrogen-bond donors (Lipinski definition) is 2. The molecule has 1 aromatic carbocycles. The number of allylic oxidation sites excluding steroid dienone is 1. The highest BCUT2D eigenvalue weighted by molar-refractivity contribution is 5.94. The zero-order valence-corrected chi connectivity index (χ0v) is 16.9. The number of amides is 1.